The van der Waals surface area contributed by atoms with Crippen LogP contribution in [0.1, 0.15) is 64.9 Å². The fourth-order valence-electron chi connectivity index (χ4n) is 3.07. The van der Waals surface area contributed by atoms with E-state index in [1.54, 1.807) is 13.8 Å². The van der Waals surface area contributed by atoms with Crippen molar-refractivity contribution in [3.63, 3.8) is 0 Å². The molecule has 0 fully saturated rings. The smallest absolute Gasteiger partial charge is 0.347 e. The van der Waals surface area contributed by atoms with Crippen molar-refractivity contribution in [1.29, 1.82) is 0 Å². The topological polar surface area (TPSA) is 48.4 Å². The largest absolute Gasteiger partial charge is 0.479 e. The molecule has 0 radical (unpaired) electrons. The number of pyridine rings is 1. The Morgan fingerprint density at radius 3 is 2.32 bits per heavy atom. The molecule has 0 saturated heterocycles. The Kier molecular flexibility index (Phi) is 9.53. The van der Waals surface area contributed by atoms with Crippen LogP contribution in [0.25, 0.3) is 11.3 Å². The first-order valence-electron chi connectivity index (χ1n) is 10.5. The average molecular weight is 384 g/mol. The highest BCUT2D eigenvalue weighted by atomic mass is 16.6. The highest BCUT2D eigenvalue weighted by Crippen LogP contribution is 2.22. The molecule has 152 valence electrons. The summed E-state index contributed by atoms with van der Waals surface area (Å²) in [4.78, 5) is 16.3. The molecule has 2 aromatic rings. The van der Waals surface area contributed by atoms with Crippen LogP contribution in [0.5, 0.6) is 5.75 Å². The summed E-state index contributed by atoms with van der Waals surface area (Å²) in [6.45, 7) is 6.07. The summed E-state index contributed by atoms with van der Waals surface area (Å²) in [5.74, 6) is 0.290. The van der Waals surface area contributed by atoms with Gasteiger partial charge < -0.3 is 9.47 Å². The second-order valence-electron chi connectivity index (χ2n) is 7.11. The normalized spacial score (nSPS) is 11.8. The molecule has 0 spiro atoms. The molecule has 0 aliphatic rings. The first-order valence-corrected chi connectivity index (χ1v) is 10.5. The van der Waals surface area contributed by atoms with Crippen LogP contribution in [0.2, 0.25) is 0 Å². The average Bonchev–Trinajstić information content (AvgIpc) is 2.72. The van der Waals surface area contributed by atoms with E-state index in [9.17, 15) is 4.79 Å². The van der Waals surface area contributed by atoms with E-state index in [0.29, 0.717) is 12.4 Å². The maximum Gasteiger partial charge on any atom is 0.347 e. The Hall–Kier alpha value is -2.36. The third-order valence-corrected chi connectivity index (χ3v) is 4.73. The number of hydrogen-bond acceptors (Lipinski definition) is 4. The Bertz CT molecular complexity index is 695. The van der Waals surface area contributed by atoms with Crippen LogP contribution in [0, 0.1) is 0 Å². The van der Waals surface area contributed by atoms with E-state index < -0.39 is 6.10 Å². The molecule has 2 rings (SSSR count). The zero-order chi connectivity index (χ0) is 20.2. The van der Waals surface area contributed by atoms with E-state index in [1.807, 2.05) is 30.5 Å². The molecule has 0 aliphatic carbocycles. The molecule has 1 atom stereocenters. The van der Waals surface area contributed by atoms with Gasteiger partial charge in [0, 0.05) is 11.8 Å². The van der Waals surface area contributed by atoms with Gasteiger partial charge in [0.05, 0.1) is 12.3 Å². The standard InChI is InChI=1S/C24H33NO3/c1-4-6-7-8-9-10-11-20-12-17-23(25-18-20)21-13-15-22(16-14-21)28-19(3)24(26)27-5-2/h12-19H,4-11H2,1-3H3/t19-/m1/s1. The van der Waals surface area contributed by atoms with Crippen molar-refractivity contribution in [1.82, 2.24) is 4.98 Å². The van der Waals surface area contributed by atoms with Crippen LogP contribution in [0.15, 0.2) is 42.6 Å². The second-order valence-corrected chi connectivity index (χ2v) is 7.11. The van der Waals surface area contributed by atoms with Crippen molar-refractivity contribution in [2.75, 3.05) is 6.61 Å². The number of carbonyl (C=O) groups is 1. The molecule has 28 heavy (non-hydrogen) atoms. The van der Waals surface area contributed by atoms with Crippen LogP contribution in [0.3, 0.4) is 0 Å². The van der Waals surface area contributed by atoms with Gasteiger partial charge in [-0.1, -0.05) is 45.1 Å². The molecule has 4 nitrogen and oxygen atoms in total. The van der Waals surface area contributed by atoms with Gasteiger partial charge in [-0.15, -0.1) is 0 Å². The first kappa shape index (κ1) is 21.9. The minimum absolute atomic E-state index is 0.353. The summed E-state index contributed by atoms with van der Waals surface area (Å²) in [6, 6.07) is 11.9. The monoisotopic (exact) mass is 383 g/mol. The number of aromatic nitrogens is 1. The molecule has 4 heteroatoms. The van der Waals surface area contributed by atoms with Crippen LogP contribution >= 0.6 is 0 Å². The van der Waals surface area contributed by atoms with Crippen LogP contribution in [0.4, 0.5) is 0 Å². The zero-order valence-electron chi connectivity index (χ0n) is 17.4. The van der Waals surface area contributed by atoms with Gasteiger partial charge in [-0.05, 0) is 62.6 Å². The van der Waals surface area contributed by atoms with Crippen molar-refractivity contribution in [2.24, 2.45) is 0 Å². The summed E-state index contributed by atoms with van der Waals surface area (Å²) < 4.78 is 10.6. The van der Waals surface area contributed by atoms with Crippen molar-refractivity contribution in [3.05, 3.63) is 48.2 Å². The number of nitrogens with zero attached hydrogens (tertiary/aromatic N) is 1. The third kappa shape index (κ3) is 7.34. The molecule has 1 heterocycles. The van der Waals surface area contributed by atoms with Gasteiger partial charge in [-0.2, -0.15) is 0 Å². The van der Waals surface area contributed by atoms with Gasteiger partial charge in [0.2, 0.25) is 0 Å². The number of rotatable bonds is 12. The number of aryl methyl sites for hydroxylation is 1. The molecular formula is C24H33NO3. The van der Waals surface area contributed by atoms with Crippen LogP contribution < -0.4 is 4.74 Å². The van der Waals surface area contributed by atoms with Crippen LogP contribution in [-0.2, 0) is 16.0 Å². The maximum absolute atomic E-state index is 11.7. The molecule has 0 N–H and O–H groups in total. The van der Waals surface area contributed by atoms with Crippen molar-refractivity contribution in [3.8, 4) is 17.0 Å². The SMILES string of the molecule is CCCCCCCCc1ccc(-c2ccc(O[C@H](C)C(=O)OCC)cc2)nc1. The molecular weight excluding hydrogens is 350 g/mol. The molecule has 0 saturated carbocycles. The zero-order valence-corrected chi connectivity index (χ0v) is 17.4. The first-order chi connectivity index (χ1) is 13.6. The molecule has 0 unspecified atom stereocenters. The maximum atomic E-state index is 11.7. The van der Waals surface area contributed by atoms with E-state index in [-0.39, 0.29) is 5.97 Å². The van der Waals surface area contributed by atoms with E-state index in [2.05, 4.69) is 24.0 Å². The predicted molar refractivity (Wildman–Crippen MR) is 113 cm³/mol. The second kappa shape index (κ2) is 12.2. The van der Waals surface area contributed by atoms with Gasteiger partial charge in [0.1, 0.15) is 5.75 Å². The fraction of sp³-hybridized carbons (Fsp3) is 0.500. The summed E-state index contributed by atoms with van der Waals surface area (Å²) in [5.41, 5.74) is 3.27. The van der Waals surface area contributed by atoms with E-state index in [4.69, 9.17) is 9.47 Å². The highest BCUT2D eigenvalue weighted by molar-refractivity contribution is 5.74. The van der Waals surface area contributed by atoms with Crippen LogP contribution in [-0.4, -0.2) is 23.7 Å². The Balaban J connectivity index is 1.84. The summed E-state index contributed by atoms with van der Waals surface area (Å²) in [6.07, 6.45) is 10.3. The fourth-order valence-corrected chi connectivity index (χ4v) is 3.07. The summed E-state index contributed by atoms with van der Waals surface area (Å²) in [7, 11) is 0. The summed E-state index contributed by atoms with van der Waals surface area (Å²) >= 11 is 0. The Morgan fingerprint density at radius 1 is 0.964 bits per heavy atom. The number of unbranched alkanes of at least 4 members (excludes halogenated alkanes) is 5. The van der Waals surface area contributed by atoms with Crippen molar-refractivity contribution >= 4 is 5.97 Å². The van der Waals surface area contributed by atoms with Gasteiger partial charge in [0.25, 0.3) is 0 Å². The minimum Gasteiger partial charge on any atom is -0.479 e. The number of carbonyl (C=O) groups excluding carboxylic acids is 1. The Labute approximate surface area is 169 Å². The van der Waals surface area contributed by atoms with Gasteiger partial charge in [0.15, 0.2) is 6.10 Å². The number of benzene rings is 1. The lowest BCUT2D eigenvalue weighted by Crippen LogP contribution is -2.25. The highest BCUT2D eigenvalue weighted by Gasteiger charge is 2.15. The Morgan fingerprint density at radius 2 is 1.68 bits per heavy atom. The molecule has 0 aliphatic heterocycles. The lowest BCUT2D eigenvalue weighted by Gasteiger charge is -2.13. The van der Waals surface area contributed by atoms with Gasteiger partial charge in [-0.25, -0.2) is 4.79 Å². The number of hydrogen-bond donors (Lipinski definition) is 0. The lowest BCUT2D eigenvalue weighted by molar-refractivity contribution is -0.150. The van der Waals surface area contributed by atoms with E-state index >= 15 is 0 Å². The predicted octanol–water partition coefficient (Wildman–Crippen LogP) is 5.98. The molecule has 1 aromatic heterocycles. The quantitative estimate of drug-likeness (QED) is 0.334. The molecule has 1 aromatic carbocycles. The third-order valence-electron chi connectivity index (χ3n) is 4.73. The van der Waals surface area contributed by atoms with E-state index in [0.717, 1.165) is 17.7 Å². The van der Waals surface area contributed by atoms with E-state index in [1.165, 1.54) is 44.1 Å². The summed E-state index contributed by atoms with van der Waals surface area (Å²) in [5, 5.41) is 0. The van der Waals surface area contributed by atoms with Gasteiger partial charge in [-0.3, -0.25) is 4.98 Å². The molecule has 0 bridgehead atoms. The van der Waals surface area contributed by atoms with Crippen molar-refractivity contribution in [2.45, 2.75) is 71.8 Å². The van der Waals surface area contributed by atoms with Gasteiger partial charge >= 0.3 is 5.97 Å². The number of esters is 1. The molecule has 0 amide bonds. The van der Waals surface area contributed by atoms with Crippen molar-refractivity contribution < 1.29 is 14.3 Å². The minimum atomic E-state index is -0.620. The number of ether oxygens (including phenoxy) is 2. The lowest BCUT2D eigenvalue weighted by atomic mass is 10.1.